The number of fused-ring (bicyclic) bond motifs is 1. The first-order chi connectivity index (χ1) is 11.9. The Bertz CT molecular complexity index is 808. The van der Waals surface area contributed by atoms with Crippen molar-refractivity contribution in [3.8, 4) is 11.5 Å². The third-order valence-electron chi connectivity index (χ3n) is 3.75. The number of likely N-dealkylation sites (N-methyl/N-ethyl adjacent to an activating group) is 1. The van der Waals surface area contributed by atoms with Crippen LogP contribution in [0.25, 0.3) is 0 Å². The van der Waals surface area contributed by atoms with Crippen LogP contribution in [0, 0.1) is 0 Å². The minimum absolute atomic E-state index is 0.165. The number of amides is 2. The summed E-state index contributed by atoms with van der Waals surface area (Å²) in [7, 11) is 1.71. The highest BCUT2D eigenvalue weighted by Gasteiger charge is 2.22. The standard InChI is InChI=1S/C17H17BrN2O4S/c1-10(19-16(21)14-5-6-15(18)25-14)17(22)20(2)8-11-3-4-12-13(7-11)24-9-23-12/h3-7,10H,8-9H2,1-2H3,(H,19,21). The largest absolute Gasteiger partial charge is 0.454 e. The van der Waals surface area contributed by atoms with Crippen molar-refractivity contribution < 1.29 is 19.1 Å². The molecule has 2 heterocycles. The average molecular weight is 425 g/mol. The number of halogens is 1. The third kappa shape index (κ3) is 4.13. The van der Waals surface area contributed by atoms with Gasteiger partial charge < -0.3 is 19.7 Å². The summed E-state index contributed by atoms with van der Waals surface area (Å²) < 4.78 is 11.5. The molecule has 1 unspecified atom stereocenters. The smallest absolute Gasteiger partial charge is 0.262 e. The highest BCUT2D eigenvalue weighted by atomic mass is 79.9. The monoisotopic (exact) mass is 424 g/mol. The summed E-state index contributed by atoms with van der Waals surface area (Å²) in [6, 6.07) is 8.49. The summed E-state index contributed by atoms with van der Waals surface area (Å²) in [6.07, 6.45) is 0. The molecule has 0 saturated carbocycles. The molecule has 0 saturated heterocycles. The van der Waals surface area contributed by atoms with E-state index in [9.17, 15) is 9.59 Å². The van der Waals surface area contributed by atoms with Crippen LogP contribution in [0.5, 0.6) is 11.5 Å². The number of carbonyl (C=O) groups excluding carboxylic acids is 2. The molecule has 0 aliphatic carbocycles. The molecule has 6 nitrogen and oxygen atoms in total. The average Bonchev–Trinajstić information content (AvgIpc) is 3.22. The lowest BCUT2D eigenvalue weighted by molar-refractivity contribution is -0.132. The predicted molar refractivity (Wildman–Crippen MR) is 98.0 cm³/mol. The molecule has 0 spiro atoms. The molecule has 0 bridgehead atoms. The van der Waals surface area contributed by atoms with Gasteiger partial charge in [0.1, 0.15) is 6.04 Å². The Morgan fingerprint density at radius 2 is 2.04 bits per heavy atom. The number of carbonyl (C=O) groups is 2. The number of hydrogen-bond acceptors (Lipinski definition) is 5. The number of ether oxygens (including phenoxy) is 2. The lowest BCUT2D eigenvalue weighted by Gasteiger charge is -2.22. The normalized spacial score (nSPS) is 13.4. The topological polar surface area (TPSA) is 67.9 Å². The molecule has 2 aromatic rings. The summed E-state index contributed by atoms with van der Waals surface area (Å²) in [5, 5.41) is 2.73. The lowest BCUT2D eigenvalue weighted by Crippen LogP contribution is -2.45. The van der Waals surface area contributed by atoms with Gasteiger partial charge in [0.2, 0.25) is 12.7 Å². The van der Waals surface area contributed by atoms with Crippen LogP contribution in [0.15, 0.2) is 34.1 Å². The van der Waals surface area contributed by atoms with E-state index < -0.39 is 6.04 Å². The zero-order chi connectivity index (χ0) is 18.0. The molecule has 1 N–H and O–H groups in total. The van der Waals surface area contributed by atoms with Crippen LogP contribution in [0.2, 0.25) is 0 Å². The molecule has 1 aliphatic heterocycles. The molecule has 8 heteroatoms. The van der Waals surface area contributed by atoms with E-state index in [1.807, 2.05) is 18.2 Å². The van der Waals surface area contributed by atoms with Gasteiger partial charge in [-0.05, 0) is 52.7 Å². The van der Waals surface area contributed by atoms with Gasteiger partial charge in [-0.3, -0.25) is 9.59 Å². The first kappa shape index (κ1) is 17.8. The van der Waals surface area contributed by atoms with Crippen LogP contribution in [0.4, 0.5) is 0 Å². The molecule has 25 heavy (non-hydrogen) atoms. The fraction of sp³-hybridized carbons (Fsp3) is 0.294. The van der Waals surface area contributed by atoms with E-state index in [4.69, 9.17) is 9.47 Å². The van der Waals surface area contributed by atoms with E-state index in [0.29, 0.717) is 22.9 Å². The second-order valence-electron chi connectivity index (χ2n) is 5.68. The van der Waals surface area contributed by atoms with Gasteiger partial charge in [0, 0.05) is 13.6 Å². The molecule has 0 radical (unpaired) electrons. The van der Waals surface area contributed by atoms with Crippen LogP contribution >= 0.6 is 27.3 Å². The Kier molecular flexibility index (Phi) is 5.29. The van der Waals surface area contributed by atoms with Crippen molar-refractivity contribution in [2.75, 3.05) is 13.8 Å². The molecule has 2 amide bonds. The van der Waals surface area contributed by atoms with E-state index in [-0.39, 0.29) is 18.6 Å². The molecular formula is C17H17BrN2O4S. The minimum atomic E-state index is -0.618. The molecule has 1 aliphatic rings. The fourth-order valence-electron chi connectivity index (χ4n) is 2.49. The molecule has 132 valence electrons. The second kappa shape index (κ2) is 7.45. The summed E-state index contributed by atoms with van der Waals surface area (Å²) in [4.78, 5) is 26.8. The van der Waals surface area contributed by atoms with Crippen LogP contribution in [0.1, 0.15) is 22.2 Å². The third-order valence-corrected chi connectivity index (χ3v) is 5.37. The Morgan fingerprint density at radius 3 is 2.76 bits per heavy atom. The maximum absolute atomic E-state index is 12.5. The highest BCUT2D eigenvalue weighted by Crippen LogP contribution is 2.32. The SMILES string of the molecule is CC(NC(=O)c1ccc(Br)s1)C(=O)N(C)Cc1ccc2c(c1)OCO2. The van der Waals surface area contributed by atoms with Gasteiger partial charge in [-0.25, -0.2) is 0 Å². The Morgan fingerprint density at radius 1 is 1.28 bits per heavy atom. The highest BCUT2D eigenvalue weighted by molar-refractivity contribution is 9.11. The molecular weight excluding hydrogens is 408 g/mol. The maximum atomic E-state index is 12.5. The second-order valence-corrected chi connectivity index (χ2v) is 8.14. The number of benzene rings is 1. The quantitative estimate of drug-likeness (QED) is 0.800. The number of thiophene rings is 1. The van der Waals surface area contributed by atoms with E-state index in [2.05, 4.69) is 21.2 Å². The minimum Gasteiger partial charge on any atom is -0.454 e. The van der Waals surface area contributed by atoms with Gasteiger partial charge in [-0.15, -0.1) is 11.3 Å². The Balaban J connectivity index is 1.58. The molecule has 1 atom stereocenters. The zero-order valence-electron chi connectivity index (χ0n) is 13.7. The summed E-state index contributed by atoms with van der Waals surface area (Å²) in [5.74, 6) is 0.970. The first-order valence-corrected chi connectivity index (χ1v) is 9.24. The zero-order valence-corrected chi connectivity index (χ0v) is 16.1. The molecule has 0 fully saturated rings. The first-order valence-electron chi connectivity index (χ1n) is 7.64. The fourth-order valence-corrected chi connectivity index (χ4v) is 3.78. The Hall–Kier alpha value is -2.06. The van der Waals surface area contributed by atoms with E-state index >= 15 is 0 Å². The van der Waals surface area contributed by atoms with Gasteiger partial charge >= 0.3 is 0 Å². The van der Waals surface area contributed by atoms with Crippen LogP contribution in [-0.2, 0) is 11.3 Å². The molecule has 3 rings (SSSR count). The van der Waals surface area contributed by atoms with Gasteiger partial charge in [-0.1, -0.05) is 6.07 Å². The van der Waals surface area contributed by atoms with Crippen LogP contribution < -0.4 is 14.8 Å². The van der Waals surface area contributed by atoms with E-state index in [1.165, 1.54) is 11.3 Å². The molecule has 1 aromatic carbocycles. The van der Waals surface area contributed by atoms with E-state index in [0.717, 1.165) is 9.35 Å². The summed E-state index contributed by atoms with van der Waals surface area (Å²) in [5.41, 5.74) is 0.931. The Labute approximate surface area is 157 Å². The van der Waals surface area contributed by atoms with Crippen molar-refractivity contribution in [3.05, 3.63) is 44.6 Å². The summed E-state index contributed by atoms with van der Waals surface area (Å²) in [6.45, 7) is 2.31. The van der Waals surface area contributed by atoms with Crippen molar-refractivity contribution in [1.29, 1.82) is 0 Å². The van der Waals surface area contributed by atoms with Crippen LogP contribution in [-0.4, -0.2) is 36.6 Å². The lowest BCUT2D eigenvalue weighted by atomic mass is 10.2. The number of hydrogen-bond donors (Lipinski definition) is 1. The van der Waals surface area contributed by atoms with Gasteiger partial charge in [-0.2, -0.15) is 0 Å². The number of nitrogens with zero attached hydrogens (tertiary/aromatic N) is 1. The number of nitrogens with one attached hydrogen (secondary N) is 1. The van der Waals surface area contributed by atoms with Crippen molar-refractivity contribution in [2.24, 2.45) is 0 Å². The molecule has 1 aromatic heterocycles. The van der Waals surface area contributed by atoms with Gasteiger partial charge in [0.15, 0.2) is 11.5 Å². The van der Waals surface area contributed by atoms with Crippen molar-refractivity contribution >= 4 is 39.1 Å². The van der Waals surface area contributed by atoms with Crippen molar-refractivity contribution in [1.82, 2.24) is 10.2 Å². The van der Waals surface area contributed by atoms with Gasteiger partial charge in [0.05, 0.1) is 8.66 Å². The van der Waals surface area contributed by atoms with E-state index in [1.54, 1.807) is 31.0 Å². The number of rotatable bonds is 5. The maximum Gasteiger partial charge on any atom is 0.262 e. The summed E-state index contributed by atoms with van der Waals surface area (Å²) >= 11 is 4.65. The van der Waals surface area contributed by atoms with Crippen molar-refractivity contribution in [3.63, 3.8) is 0 Å². The van der Waals surface area contributed by atoms with Gasteiger partial charge in [0.25, 0.3) is 5.91 Å². The van der Waals surface area contributed by atoms with Crippen LogP contribution in [0.3, 0.4) is 0 Å². The van der Waals surface area contributed by atoms with Crippen molar-refractivity contribution in [2.45, 2.75) is 19.5 Å². The predicted octanol–water partition coefficient (Wildman–Crippen LogP) is 3.02.